The topological polar surface area (TPSA) is 80.9 Å². The van der Waals surface area contributed by atoms with Gasteiger partial charge >= 0.3 is 7.82 Å². The average Bonchev–Trinajstić information content (AvgIpc) is 2.86. The Morgan fingerprint density at radius 3 is 1.91 bits per heavy atom. The van der Waals surface area contributed by atoms with E-state index in [1.54, 1.807) is 103 Å². The third kappa shape index (κ3) is 6.44. The van der Waals surface area contributed by atoms with Crippen molar-refractivity contribution in [3.63, 3.8) is 0 Å². The number of oxime groups is 1. The number of nitriles is 1. The van der Waals surface area contributed by atoms with Crippen LogP contribution < -0.4 is 9.05 Å². The van der Waals surface area contributed by atoms with Crippen LogP contribution in [-0.4, -0.2) is 5.71 Å². The molecule has 0 aromatic heterocycles. The molecule has 3 aromatic carbocycles. The van der Waals surface area contributed by atoms with Crippen LogP contribution in [0.3, 0.4) is 0 Å². The zero-order valence-electron chi connectivity index (χ0n) is 18.0. The lowest BCUT2D eigenvalue weighted by molar-refractivity contribution is 0.218. The predicted octanol–water partition coefficient (Wildman–Crippen LogP) is 8.04. The van der Waals surface area contributed by atoms with Crippen LogP contribution in [0, 0.1) is 11.3 Å². The van der Waals surface area contributed by atoms with Crippen molar-refractivity contribution in [3.05, 3.63) is 124 Å². The summed E-state index contributed by atoms with van der Waals surface area (Å²) < 4.78 is 29.7. The first kappa shape index (κ1) is 24.4. The van der Waals surface area contributed by atoms with Crippen molar-refractivity contribution in [2.24, 2.45) is 5.16 Å². The van der Waals surface area contributed by atoms with Gasteiger partial charge in [0, 0.05) is 10.6 Å². The summed E-state index contributed by atoms with van der Waals surface area (Å²) in [7, 11) is -4.18. The first-order valence-electron chi connectivity index (χ1n) is 10.3. The quantitative estimate of drug-likeness (QED) is 0.178. The summed E-state index contributed by atoms with van der Waals surface area (Å²) in [5.74, 6) is 0.593. The highest BCUT2D eigenvalue weighted by Crippen LogP contribution is 2.50. The number of nitrogens with zero attached hydrogens (tertiary/aromatic N) is 2. The van der Waals surface area contributed by atoms with Crippen LogP contribution in [0.1, 0.15) is 5.56 Å². The van der Waals surface area contributed by atoms with Gasteiger partial charge in [0.15, 0.2) is 0 Å². The molecule has 0 saturated carbocycles. The van der Waals surface area contributed by atoms with Gasteiger partial charge in [-0.1, -0.05) is 83.0 Å². The van der Waals surface area contributed by atoms with Gasteiger partial charge in [-0.2, -0.15) is 9.83 Å². The van der Waals surface area contributed by atoms with Gasteiger partial charge in [-0.25, -0.2) is 0 Å². The molecule has 1 aliphatic rings. The van der Waals surface area contributed by atoms with Gasteiger partial charge in [0.1, 0.15) is 23.3 Å². The predicted molar refractivity (Wildman–Crippen MR) is 138 cm³/mol. The van der Waals surface area contributed by atoms with Gasteiger partial charge in [-0.3, -0.25) is 4.62 Å². The molecule has 174 valence electrons. The molecule has 0 fully saturated rings. The molecule has 1 aliphatic carbocycles. The van der Waals surface area contributed by atoms with E-state index in [1.165, 1.54) is 0 Å². The Morgan fingerprint density at radius 2 is 1.40 bits per heavy atom. The second-order valence-electron chi connectivity index (χ2n) is 7.09. The fourth-order valence-corrected chi connectivity index (χ4v) is 4.59. The van der Waals surface area contributed by atoms with Gasteiger partial charge < -0.3 is 9.05 Å². The summed E-state index contributed by atoms with van der Waals surface area (Å²) in [4.78, 5) is 0. The summed E-state index contributed by atoms with van der Waals surface area (Å²) in [5, 5.41) is 14.5. The maximum Gasteiger partial charge on any atom is 0.668 e. The van der Waals surface area contributed by atoms with Crippen LogP contribution in [0.4, 0.5) is 0 Å². The van der Waals surface area contributed by atoms with Crippen molar-refractivity contribution < 1.29 is 18.2 Å². The highest BCUT2D eigenvalue weighted by Gasteiger charge is 2.33. The zero-order chi connectivity index (χ0) is 24.7. The number of para-hydroxylation sites is 2. The van der Waals surface area contributed by atoms with Gasteiger partial charge in [-0.05, 0) is 54.1 Å². The lowest BCUT2D eigenvalue weighted by Gasteiger charge is -2.16. The SMILES string of the molecule is N#CC(=C1C=CC(=NOP(=O)(Oc2ccccc2)Oc2ccccc2)C=C1)c1ccc(Cl)cc1Cl. The molecule has 0 amide bonds. The number of phosphoric ester groups is 1. The monoisotopic (exact) mass is 522 g/mol. The smallest absolute Gasteiger partial charge is 0.385 e. The number of halogens is 2. The fourth-order valence-electron chi connectivity index (χ4n) is 3.03. The molecular weight excluding hydrogens is 506 g/mol. The number of hydrogen-bond acceptors (Lipinski definition) is 6. The van der Waals surface area contributed by atoms with Crippen molar-refractivity contribution >= 4 is 42.3 Å². The third-order valence-electron chi connectivity index (χ3n) is 4.64. The molecule has 0 saturated heterocycles. The summed E-state index contributed by atoms with van der Waals surface area (Å²) in [6.07, 6.45) is 6.55. The Balaban J connectivity index is 1.57. The molecule has 0 spiro atoms. The molecule has 0 aliphatic heterocycles. The second kappa shape index (κ2) is 11.1. The molecule has 0 atom stereocenters. The highest BCUT2D eigenvalue weighted by molar-refractivity contribution is 7.49. The van der Waals surface area contributed by atoms with Crippen molar-refractivity contribution in [2.45, 2.75) is 0 Å². The van der Waals surface area contributed by atoms with Crippen LogP contribution in [0.25, 0.3) is 5.57 Å². The van der Waals surface area contributed by atoms with Crippen molar-refractivity contribution in [1.29, 1.82) is 5.26 Å². The molecule has 35 heavy (non-hydrogen) atoms. The Hall–Kier alpha value is -3.75. The standard InChI is InChI=1S/C26H17Cl2N2O4P/c27-20-13-16-24(26(28)17-20)25(18-29)19-11-14-21(15-12-19)30-34-35(31,32-22-7-3-1-4-8-22)33-23-9-5-2-6-10-23/h1-17H. The Kier molecular flexibility index (Phi) is 7.74. The summed E-state index contributed by atoms with van der Waals surface area (Å²) in [6, 6.07) is 24.1. The Bertz CT molecular complexity index is 1370. The average molecular weight is 523 g/mol. The highest BCUT2D eigenvalue weighted by atomic mass is 35.5. The number of hydrogen-bond donors (Lipinski definition) is 0. The number of rotatable bonds is 7. The third-order valence-corrected chi connectivity index (χ3v) is 6.33. The number of benzene rings is 3. The lowest BCUT2D eigenvalue weighted by atomic mass is 9.97. The maximum atomic E-state index is 13.4. The van der Waals surface area contributed by atoms with Crippen LogP contribution in [0.5, 0.6) is 11.5 Å². The van der Waals surface area contributed by atoms with Crippen LogP contribution >= 0.6 is 31.0 Å². The molecule has 0 unspecified atom stereocenters. The van der Waals surface area contributed by atoms with E-state index in [9.17, 15) is 9.83 Å². The fraction of sp³-hybridized carbons (Fsp3) is 0. The zero-order valence-corrected chi connectivity index (χ0v) is 20.5. The molecule has 6 nitrogen and oxygen atoms in total. The Labute approximate surface area is 212 Å². The number of phosphoric acid groups is 1. The lowest BCUT2D eigenvalue weighted by Crippen LogP contribution is -2.04. The normalized spacial score (nSPS) is 12.6. The first-order valence-corrected chi connectivity index (χ1v) is 12.5. The summed E-state index contributed by atoms with van der Waals surface area (Å²) in [6.45, 7) is 0. The minimum absolute atomic E-state index is 0.297. The minimum atomic E-state index is -4.18. The summed E-state index contributed by atoms with van der Waals surface area (Å²) in [5.41, 5.74) is 1.86. The molecule has 0 heterocycles. The van der Waals surface area contributed by atoms with E-state index in [-0.39, 0.29) is 0 Å². The van der Waals surface area contributed by atoms with Crippen molar-refractivity contribution in [3.8, 4) is 17.6 Å². The van der Waals surface area contributed by atoms with Crippen LogP contribution in [0.2, 0.25) is 10.0 Å². The molecule has 3 aromatic rings. The number of allylic oxidation sites excluding steroid dienone is 6. The van der Waals surface area contributed by atoms with Crippen LogP contribution in [-0.2, 0) is 9.19 Å². The van der Waals surface area contributed by atoms with E-state index in [4.69, 9.17) is 36.9 Å². The van der Waals surface area contributed by atoms with Crippen LogP contribution in [0.15, 0.2) is 114 Å². The Morgan fingerprint density at radius 1 is 0.829 bits per heavy atom. The van der Waals surface area contributed by atoms with E-state index in [0.717, 1.165) is 0 Å². The van der Waals surface area contributed by atoms with Gasteiger partial charge in [0.2, 0.25) is 0 Å². The van der Waals surface area contributed by atoms with E-state index >= 15 is 0 Å². The maximum absolute atomic E-state index is 13.4. The minimum Gasteiger partial charge on any atom is -0.385 e. The van der Waals surface area contributed by atoms with E-state index in [2.05, 4.69) is 11.2 Å². The molecule has 4 rings (SSSR count). The van der Waals surface area contributed by atoms with Crippen molar-refractivity contribution in [1.82, 2.24) is 0 Å². The molecule has 0 radical (unpaired) electrons. The van der Waals surface area contributed by atoms with Crippen molar-refractivity contribution in [2.75, 3.05) is 0 Å². The second-order valence-corrected chi connectivity index (χ2v) is 9.35. The van der Waals surface area contributed by atoms with Gasteiger partial charge in [0.05, 0.1) is 10.6 Å². The van der Waals surface area contributed by atoms with E-state index in [0.29, 0.717) is 44.0 Å². The van der Waals surface area contributed by atoms with Gasteiger partial charge in [-0.15, -0.1) is 0 Å². The molecule has 9 heteroatoms. The summed E-state index contributed by atoms with van der Waals surface area (Å²) >= 11 is 12.2. The van der Waals surface area contributed by atoms with E-state index < -0.39 is 7.82 Å². The van der Waals surface area contributed by atoms with E-state index in [1.807, 2.05) is 0 Å². The molecule has 0 N–H and O–H groups in total. The van der Waals surface area contributed by atoms with Gasteiger partial charge in [0.25, 0.3) is 0 Å². The first-order chi connectivity index (χ1) is 17.0. The largest absolute Gasteiger partial charge is 0.668 e. The molecule has 0 bridgehead atoms. The molecular formula is C26H17Cl2N2O4P.